The third-order valence-corrected chi connectivity index (χ3v) is 3.58. The summed E-state index contributed by atoms with van der Waals surface area (Å²) in [6, 6.07) is 9.10. The van der Waals surface area contributed by atoms with E-state index in [4.69, 9.17) is 4.74 Å². The van der Waals surface area contributed by atoms with E-state index in [0.29, 0.717) is 6.04 Å². The molecular weight excluding hydrogens is 224 g/mol. The van der Waals surface area contributed by atoms with Crippen LogP contribution in [0.25, 0.3) is 0 Å². The molecule has 1 unspecified atom stereocenters. The fourth-order valence-electron chi connectivity index (χ4n) is 2.63. The third kappa shape index (κ3) is 3.47. The molecule has 1 fully saturated rings. The lowest BCUT2D eigenvalue weighted by Crippen LogP contribution is -2.36. The summed E-state index contributed by atoms with van der Waals surface area (Å²) in [6.07, 6.45) is 2.48. The van der Waals surface area contributed by atoms with E-state index < -0.39 is 0 Å². The number of hydrogen-bond donors (Lipinski definition) is 1. The summed E-state index contributed by atoms with van der Waals surface area (Å²) in [5, 5.41) is 3.45. The number of hydrogen-bond acceptors (Lipinski definition) is 3. The summed E-state index contributed by atoms with van der Waals surface area (Å²) in [5.41, 5.74) is 1.34. The van der Waals surface area contributed by atoms with Crippen molar-refractivity contribution in [1.82, 2.24) is 10.2 Å². The molecule has 1 atom stereocenters. The van der Waals surface area contributed by atoms with Gasteiger partial charge in [0.1, 0.15) is 5.75 Å². The van der Waals surface area contributed by atoms with Crippen molar-refractivity contribution in [2.75, 3.05) is 26.7 Å². The van der Waals surface area contributed by atoms with Crippen LogP contribution in [-0.4, -0.2) is 37.7 Å². The predicted molar refractivity (Wildman–Crippen MR) is 75.0 cm³/mol. The van der Waals surface area contributed by atoms with Gasteiger partial charge in [0.05, 0.1) is 7.11 Å². The maximum absolute atomic E-state index is 5.29. The Balaban J connectivity index is 2.02. The van der Waals surface area contributed by atoms with E-state index in [0.717, 1.165) is 25.4 Å². The number of ether oxygens (including phenoxy) is 1. The van der Waals surface area contributed by atoms with Crippen LogP contribution >= 0.6 is 0 Å². The van der Waals surface area contributed by atoms with Crippen LogP contribution in [0.1, 0.15) is 25.3 Å². The van der Waals surface area contributed by atoms with Gasteiger partial charge in [-0.05, 0) is 43.6 Å². The molecule has 1 N–H and O–H groups in total. The monoisotopic (exact) mass is 248 g/mol. The molecule has 0 spiro atoms. The van der Waals surface area contributed by atoms with E-state index in [1.54, 1.807) is 7.11 Å². The second-order valence-electron chi connectivity index (χ2n) is 4.97. The van der Waals surface area contributed by atoms with Gasteiger partial charge in [-0.15, -0.1) is 0 Å². The minimum Gasteiger partial charge on any atom is -0.497 e. The van der Waals surface area contributed by atoms with Crippen LogP contribution in [-0.2, 0) is 6.54 Å². The highest BCUT2D eigenvalue weighted by atomic mass is 16.5. The Kier molecular flexibility index (Phi) is 5.02. The molecule has 0 bridgehead atoms. The highest BCUT2D eigenvalue weighted by Crippen LogP contribution is 2.17. The Bertz CT molecular complexity index is 361. The maximum atomic E-state index is 5.29. The second kappa shape index (κ2) is 6.76. The molecular formula is C15H24N2O. The molecule has 0 radical (unpaired) electrons. The standard InChI is InChI=1S/C15H24N2O/c1-3-9-17(14-7-8-16-11-14)12-13-5-4-6-15(10-13)18-2/h4-6,10,14,16H,3,7-9,11-12H2,1-2H3. The van der Waals surface area contributed by atoms with E-state index in [-0.39, 0.29) is 0 Å². The van der Waals surface area contributed by atoms with Gasteiger partial charge >= 0.3 is 0 Å². The number of benzene rings is 1. The van der Waals surface area contributed by atoms with Gasteiger partial charge in [0.25, 0.3) is 0 Å². The number of nitrogens with one attached hydrogen (secondary N) is 1. The Morgan fingerprint density at radius 2 is 2.33 bits per heavy atom. The van der Waals surface area contributed by atoms with Crippen LogP contribution in [0.5, 0.6) is 5.75 Å². The minimum absolute atomic E-state index is 0.691. The summed E-state index contributed by atoms with van der Waals surface area (Å²) >= 11 is 0. The molecule has 1 aliphatic heterocycles. The van der Waals surface area contributed by atoms with Gasteiger partial charge in [-0.25, -0.2) is 0 Å². The first-order valence-electron chi connectivity index (χ1n) is 6.91. The van der Waals surface area contributed by atoms with Crippen LogP contribution in [0, 0.1) is 0 Å². The van der Waals surface area contributed by atoms with Crippen molar-refractivity contribution >= 4 is 0 Å². The Morgan fingerprint density at radius 3 is 3.00 bits per heavy atom. The van der Waals surface area contributed by atoms with E-state index in [1.807, 2.05) is 6.07 Å². The first kappa shape index (κ1) is 13.4. The van der Waals surface area contributed by atoms with Gasteiger partial charge in [0, 0.05) is 19.1 Å². The highest BCUT2D eigenvalue weighted by molar-refractivity contribution is 5.28. The third-order valence-electron chi connectivity index (χ3n) is 3.58. The van der Waals surface area contributed by atoms with Crippen molar-refractivity contribution in [3.05, 3.63) is 29.8 Å². The van der Waals surface area contributed by atoms with Gasteiger partial charge < -0.3 is 10.1 Å². The molecule has 1 heterocycles. The van der Waals surface area contributed by atoms with Crippen molar-refractivity contribution in [2.45, 2.75) is 32.4 Å². The maximum Gasteiger partial charge on any atom is 0.119 e. The topological polar surface area (TPSA) is 24.5 Å². The Hall–Kier alpha value is -1.06. The van der Waals surface area contributed by atoms with Crippen LogP contribution < -0.4 is 10.1 Å². The molecule has 0 saturated carbocycles. The number of methoxy groups -OCH3 is 1. The van der Waals surface area contributed by atoms with Crippen LogP contribution in [0.15, 0.2) is 24.3 Å². The predicted octanol–water partition coefficient (Wildman–Crippen LogP) is 2.27. The zero-order valence-corrected chi connectivity index (χ0v) is 11.5. The molecule has 1 saturated heterocycles. The molecule has 18 heavy (non-hydrogen) atoms. The molecule has 1 aliphatic rings. The van der Waals surface area contributed by atoms with Gasteiger partial charge in [-0.3, -0.25) is 4.90 Å². The second-order valence-corrected chi connectivity index (χ2v) is 4.97. The van der Waals surface area contributed by atoms with Crippen molar-refractivity contribution in [3.8, 4) is 5.75 Å². The Labute approximate surface area is 110 Å². The molecule has 100 valence electrons. The molecule has 0 amide bonds. The van der Waals surface area contributed by atoms with Gasteiger partial charge in [0.2, 0.25) is 0 Å². The molecule has 0 aliphatic carbocycles. The molecule has 3 heteroatoms. The number of rotatable bonds is 6. The quantitative estimate of drug-likeness (QED) is 0.836. The molecule has 2 rings (SSSR count). The normalized spacial score (nSPS) is 19.4. The smallest absolute Gasteiger partial charge is 0.119 e. The van der Waals surface area contributed by atoms with Crippen molar-refractivity contribution in [3.63, 3.8) is 0 Å². The van der Waals surface area contributed by atoms with Gasteiger partial charge in [0.15, 0.2) is 0 Å². The highest BCUT2D eigenvalue weighted by Gasteiger charge is 2.21. The summed E-state index contributed by atoms with van der Waals surface area (Å²) in [7, 11) is 1.73. The van der Waals surface area contributed by atoms with Crippen LogP contribution in [0.3, 0.4) is 0 Å². The summed E-state index contributed by atoms with van der Waals surface area (Å²) in [5.74, 6) is 0.952. The molecule has 3 nitrogen and oxygen atoms in total. The summed E-state index contributed by atoms with van der Waals surface area (Å²) in [4.78, 5) is 2.59. The zero-order chi connectivity index (χ0) is 12.8. The van der Waals surface area contributed by atoms with Crippen LogP contribution in [0.2, 0.25) is 0 Å². The average molecular weight is 248 g/mol. The SMILES string of the molecule is CCCN(Cc1cccc(OC)c1)C1CCNC1. The molecule has 1 aromatic carbocycles. The molecule has 0 aromatic heterocycles. The van der Waals surface area contributed by atoms with Crippen molar-refractivity contribution in [1.29, 1.82) is 0 Å². The van der Waals surface area contributed by atoms with Gasteiger partial charge in [-0.1, -0.05) is 19.1 Å². The van der Waals surface area contributed by atoms with Crippen molar-refractivity contribution < 1.29 is 4.74 Å². The lowest BCUT2D eigenvalue weighted by atomic mass is 10.1. The number of nitrogens with zero attached hydrogens (tertiary/aromatic N) is 1. The van der Waals surface area contributed by atoms with E-state index in [9.17, 15) is 0 Å². The summed E-state index contributed by atoms with van der Waals surface area (Å²) < 4.78 is 5.29. The Morgan fingerprint density at radius 1 is 1.44 bits per heavy atom. The first-order valence-corrected chi connectivity index (χ1v) is 6.91. The van der Waals surface area contributed by atoms with Gasteiger partial charge in [-0.2, -0.15) is 0 Å². The van der Waals surface area contributed by atoms with Crippen molar-refractivity contribution in [2.24, 2.45) is 0 Å². The van der Waals surface area contributed by atoms with E-state index in [2.05, 4.69) is 35.3 Å². The fourth-order valence-corrected chi connectivity index (χ4v) is 2.63. The zero-order valence-electron chi connectivity index (χ0n) is 11.5. The van der Waals surface area contributed by atoms with Crippen LogP contribution in [0.4, 0.5) is 0 Å². The lowest BCUT2D eigenvalue weighted by Gasteiger charge is -2.28. The van der Waals surface area contributed by atoms with E-state index >= 15 is 0 Å². The van der Waals surface area contributed by atoms with E-state index in [1.165, 1.54) is 24.9 Å². The average Bonchev–Trinajstić information content (AvgIpc) is 2.92. The summed E-state index contributed by atoms with van der Waals surface area (Å²) in [6.45, 7) is 6.73. The fraction of sp³-hybridized carbons (Fsp3) is 0.600. The lowest BCUT2D eigenvalue weighted by molar-refractivity contribution is 0.199. The molecule has 1 aromatic rings. The minimum atomic E-state index is 0.691. The first-order chi connectivity index (χ1) is 8.83. The largest absolute Gasteiger partial charge is 0.497 e.